The van der Waals surface area contributed by atoms with Crippen LogP contribution in [0.5, 0.6) is 0 Å². The molecule has 0 aliphatic carbocycles. The van der Waals surface area contributed by atoms with E-state index in [-0.39, 0.29) is 13.0 Å². The van der Waals surface area contributed by atoms with Gasteiger partial charge >= 0.3 is 12.1 Å². The van der Waals surface area contributed by atoms with E-state index in [1.165, 1.54) is 0 Å². The van der Waals surface area contributed by atoms with Gasteiger partial charge in [-0.2, -0.15) is 0 Å². The van der Waals surface area contributed by atoms with Gasteiger partial charge in [0, 0.05) is 18.3 Å². The zero-order chi connectivity index (χ0) is 15.1. The number of amides is 1. The van der Waals surface area contributed by atoms with Crippen LogP contribution < -0.4 is 5.32 Å². The van der Waals surface area contributed by atoms with E-state index in [4.69, 9.17) is 9.84 Å². The smallest absolute Gasteiger partial charge is 0.408 e. The summed E-state index contributed by atoms with van der Waals surface area (Å²) in [4.78, 5) is 25.7. The summed E-state index contributed by atoms with van der Waals surface area (Å²) in [6.07, 6.45) is 1.11. The monoisotopic (exact) mass is 288 g/mol. The van der Waals surface area contributed by atoms with Crippen LogP contribution in [0.1, 0.15) is 11.3 Å². The summed E-state index contributed by atoms with van der Waals surface area (Å²) in [6, 6.07) is 11.7. The molecule has 1 amide bonds. The number of carboxylic acid groups (broad SMARTS) is 1. The fraction of sp³-hybridized carbons (Fsp3) is 0.200. The second-order valence-corrected chi connectivity index (χ2v) is 4.50. The van der Waals surface area contributed by atoms with Gasteiger partial charge in [0.25, 0.3) is 0 Å². The van der Waals surface area contributed by atoms with E-state index in [2.05, 4.69) is 10.3 Å². The number of H-pyrrole nitrogens is 1. The zero-order valence-corrected chi connectivity index (χ0v) is 11.3. The highest BCUT2D eigenvalue weighted by Crippen LogP contribution is 2.03. The van der Waals surface area contributed by atoms with Gasteiger partial charge in [-0.1, -0.05) is 30.3 Å². The third kappa shape index (κ3) is 4.68. The number of alkyl carbamates (subject to hydrolysis) is 1. The highest BCUT2D eigenvalue weighted by Gasteiger charge is 2.21. The topological polar surface area (TPSA) is 91.4 Å². The molecular weight excluding hydrogens is 272 g/mol. The number of aromatic amines is 1. The second kappa shape index (κ2) is 7.14. The maximum absolute atomic E-state index is 11.7. The van der Waals surface area contributed by atoms with Crippen LogP contribution in [0.25, 0.3) is 0 Å². The van der Waals surface area contributed by atoms with Crippen LogP contribution >= 0.6 is 0 Å². The summed E-state index contributed by atoms with van der Waals surface area (Å²) in [5, 5.41) is 11.5. The summed E-state index contributed by atoms with van der Waals surface area (Å²) in [5.74, 6) is -1.11. The van der Waals surface area contributed by atoms with Crippen molar-refractivity contribution in [1.82, 2.24) is 10.3 Å². The van der Waals surface area contributed by atoms with Gasteiger partial charge in [-0.25, -0.2) is 9.59 Å². The molecule has 21 heavy (non-hydrogen) atoms. The summed E-state index contributed by atoms with van der Waals surface area (Å²) in [5.41, 5.74) is 1.56. The van der Waals surface area contributed by atoms with Crippen LogP contribution in [0.4, 0.5) is 4.79 Å². The number of nitrogens with one attached hydrogen (secondary N) is 2. The number of carbonyl (C=O) groups is 2. The van der Waals surface area contributed by atoms with Gasteiger partial charge in [0.15, 0.2) is 0 Å². The maximum Gasteiger partial charge on any atom is 0.408 e. The highest BCUT2D eigenvalue weighted by atomic mass is 16.5. The van der Waals surface area contributed by atoms with E-state index in [9.17, 15) is 9.59 Å². The largest absolute Gasteiger partial charge is 0.480 e. The highest BCUT2D eigenvalue weighted by molar-refractivity contribution is 5.80. The fourth-order valence-electron chi connectivity index (χ4n) is 1.82. The first kappa shape index (κ1) is 14.6. The van der Waals surface area contributed by atoms with Crippen molar-refractivity contribution >= 4 is 12.1 Å². The summed E-state index contributed by atoms with van der Waals surface area (Å²) in [7, 11) is 0. The van der Waals surface area contributed by atoms with E-state index in [1.807, 2.05) is 30.3 Å². The van der Waals surface area contributed by atoms with Crippen molar-refractivity contribution in [3.8, 4) is 0 Å². The van der Waals surface area contributed by atoms with Gasteiger partial charge in [-0.05, 0) is 17.7 Å². The Hall–Kier alpha value is -2.76. The maximum atomic E-state index is 11.7. The first-order valence-electron chi connectivity index (χ1n) is 6.47. The number of hydrogen-bond donors (Lipinski definition) is 3. The first-order chi connectivity index (χ1) is 10.1. The van der Waals surface area contributed by atoms with E-state index in [0.29, 0.717) is 0 Å². The molecule has 2 aromatic rings. The second-order valence-electron chi connectivity index (χ2n) is 4.50. The molecule has 0 aliphatic rings. The minimum absolute atomic E-state index is 0.0987. The van der Waals surface area contributed by atoms with Crippen molar-refractivity contribution in [2.75, 3.05) is 0 Å². The lowest BCUT2D eigenvalue weighted by atomic mass is 10.1. The van der Waals surface area contributed by atoms with Crippen molar-refractivity contribution in [2.45, 2.75) is 19.1 Å². The van der Waals surface area contributed by atoms with Crippen LogP contribution in [0.2, 0.25) is 0 Å². The van der Waals surface area contributed by atoms with Gasteiger partial charge in [-0.3, -0.25) is 0 Å². The lowest BCUT2D eigenvalue weighted by Crippen LogP contribution is -2.42. The molecule has 6 nitrogen and oxygen atoms in total. The summed E-state index contributed by atoms with van der Waals surface area (Å²) < 4.78 is 5.00. The molecule has 3 N–H and O–H groups in total. The molecule has 0 bridgehead atoms. The molecule has 0 saturated heterocycles. The average molecular weight is 288 g/mol. The SMILES string of the molecule is O=C(NC(Cc1ccc[nH]1)C(=O)O)OCc1ccccc1. The molecule has 1 unspecified atom stereocenters. The van der Waals surface area contributed by atoms with Crippen LogP contribution in [0.15, 0.2) is 48.7 Å². The third-order valence-electron chi connectivity index (χ3n) is 2.89. The van der Waals surface area contributed by atoms with E-state index < -0.39 is 18.1 Å². The molecule has 1 heterocycles. The predicted octanol–water partition coefficient (Wildman–Crippen LogP) is 1.94. The van der Waals surface area contributed by atoms with Crippen molar-refractivity contribution in [3.05, 3.63) is 59.9 Å². The Labute approximate surface area is 121 Å². The molecule has 0 saturated carbocycles. The Morgan fingerprint density at radius 1 is 1.19 bits per heavy atom. The third-order valence-corrected chi connectivity index (χ3v) is 2.89. The number of hydrogen-bond acceptors (Lipinski definition) is 3. The zero-order valence-electron chi connectivity index (χ0n) is 11.3. The molecule has 0 aliphatic heterocycles. The fourth-order valence-corrected chi connectivity index (χ4v) is 1.82. The Bertz CT molecular complexity index is 581. The number of carboxylic acids is 1. The molecule has 110 valence electrons. The van der Waals surface area contributed by atoms with Crippen LogP contribution in [-0.4, -0.2) is 28.2 Å². The standard InChI is InChI=1S/C15H16N2O4/c18-14(19)13(9-12-7-4-8-16-12)17-15(20)21-10-11-5-2-1-3-6-11/h1-8,13,16H,9-10H2,(H,17,20)(H,18,19). The Morgan fingerprint density at radius 2 is 1.95 bits per heavy atom. The van der Waals surface area contributed by atoms with Gasteiger partial charge < -0.3 is 20.1 Å². The predicted molar refractivity (Wildman–Crippen MR) is 75.7 cm³/mol. The number of aromatic nitrogens is 1. The molecular formula is C15H16N2O4. The molecule has 0 fully saturated rings. The Morgan fingerprint density at radius 3 is 2.57 bits per heavy atom. The van der Waals surface area contributed by atoms with E-state index in [1.54, 1.807) is 18.3 Å². The lowest BCUT2D eigenvalue weighted by molar-refractivity contribution is -0.139. The van der Waals surface area contributed by atoms with Crippen LogP contribution in [0.3, 0.4) is 0 Å². The number of rotatable bonds is 6. The molecule has 1 atom stereocenters. The average Bonchev–Trinajstić information content (AvgIpc) is 2.98. The molecule has 6 heteroatoms. The normalized spacial score (nSPS) is 11.6. The molecule has 0 spiro atoms. The van der Waals surface area contributed by atoms with Gasteiger partial charge in [0.2, 0.25) is 0 Å². The van der Waals surface area contributed by atoms with Crippen LogP contribution in [0, 0.1) is 0 Å². The molecule has 1 aromatic heterocycles. The van der Waals surface area contributed by atoms with Crippen molar-refractivity contribution in [3.63, 3.8) is 0 Å². The van der Waals surface area contributed by atoms with Crippen LogP contribution in [-0.2, 0) is 22.6 Å². The van der Waals surface area contributed by atoms with Crippen molar-refractivity contribution in [1.29, 1.82) is 0 Å². The molecule has 2 rings (SSSR count). The van der Waals surface area contributed by atoms with E-state index in [0.717, 1.165) is 11.3 Å². The number of carbonyl (C=O) groups excluding carboxylic acids is 1. The van der Waals surface area contributed by atoms with Gasteiger partial charge in [0.05, 0.1) is 0 Å². The van der Waals surface area contributed by atoms with E-state index >= 15 is 0 Å². The lowest BCUT2D eigenvalue weighted by Gasteiger charge is -2.14. The van der Waals surface area contributed by atoms with Crippen molar-refractivity contribution < 1.29 is 19.4 Å². The molecule has 0 radical (unpaired) electrons. The Balaban J connectivity index is 1.85. The quantitative estimate of drug-likeness (QED) is 0.757. The molecule has 1 aromatic carbocycles. The van der Waals surface area contributed by atoms with Crippen molar-refractivity contribution in [2.24, 2.45) is 0 Å². The minimum atomic E-state index is -1.11. The minimum Gasteiger partial charge on any atom is -0.480 e. The number of ether oxygens (including phenoxy) is 1. The van der Waals surface area contributed by atoms with Gasteiger partial charge in [0.1, 0.15) is 12.6 Å². The Kier molecular flexibility index (Phi) is 4.98. The van der Waals surface area contributed by atoms with Gasteiger partial charge in [-0.15, -0.1) is 0 Å². The first-order valence-corrected chi connectivity index (χ1v) is 6.47. The summed E-state index contributed by atoms with van der Waals surface area (Å²) in [6.45, 7) is 0.0987. The summed E-state index contributed by atoms with van der Waals surface area (Å²) >= 11 is 0. The number of benzene rings is 1. The number of aliphatic carboxylic acids is 1.